The van der Waals surface area contributed by atoms with Crippen molar-refractivity contribution in [2.75, 3.05) is 0 Å². The summed E-state index contributed by atoms with van der Waals surface area (Å²) in [6, 6.07) is 8.10. The summed E-state index contributed by atoms with van der Waals surface area (Å²) in [5, 5.41) is 12.8. The maximum Gasteiger partial charge on any atom is 0.325 e. The second-order valence-electron chi connectivity index (χ2n) is 4.06. The SMILES string of the molecule is Cc1ccc(-c2cnn(CC(=O)O)c2C)cc1. The molecule has 0 bridgehead atoms. The van der Waals surface area contributed by atoms with Crippen LogP contribution in [0.1, 0.15) is 11.3 Å². The molecular formula is C13H14N2O2. The molecule has 0 spiro atoms. The van der Waals surface area contributed by atoms with Gasteiger partial charge < -0.3 is 5.11 Å². The lowest BCUT2D eigenvalue weighted by atomic mass is 10.1. The number of hydrogen-bond acceptors (Lipinski definition) is 2. The molecule has 2 aromatic rings. The van der Waals surface area contributed by atoms with E-state index in [1.807, 2.05) is 38.1 Å². The van der Waals surface area contributed by atoms with Gasteiger partial charge >= 0.3 is 5.97 Å². The molecular weight excluding hydrogens is 216 g/mol. The van der Waals surface area contributed by atoms with E-state index in [1.165, 1.54) is 10.2 Å². The molecule has 1 heterocycles. The van der Waals surface area contributed by atoms with Crippen molar-refractivity contribution in [1.29, 1.82) is 0 Å². The van der Waals surface area contributed by atoms with Crippen molar-refractivity contribution in [2.24, 2.45) is 0 Å². The minimum absolute atomic E-state index is 0.0995. The van der Waals surface area contributed by atoms with Gasteiger partial charge in [-0.25, -0.2) is 0 Å². The van der Waals surface area contributed by atoms with Gasteiger partial charge in [-0.1, -0.05) is 29.8 Å². The van der Waals surface area contributed by atoms with Gasteiger partial charge in [-0.15, -0.1) is 0 Å². The average molecular weight is 230 g/mol. The number of hydrogen-bond donors (Lipinski definition) is 1. The first-order valence-corrected chi connectivity index (χ1v) is 5.39. The first-order chi connectivity index (χ1) is 8.08. The van der Waals surface area contributed by atoms with E-state index in [2.05, 4.69) is 5.10 Å². The summed E-state index contributed by atoms with van der Waals surface area (Å²) >= 11 is 0. The second-order valence-corrected chi connectivity index (χ2v) is 4.06. The van der Waals surface area contributed by atoms with Gasteiger partial charge in [0, 0.05) is 11.3 Å². The van der Waals surface area contributed by atoms with Crippen molar-refractivity contribution in [1.82, 2.24) is 9.78 Å². The molecule has 2 rings (SSSR count). The van der Waals surface area contributed by atoms with Gasteiger partial charge in [-0.05, 0) is 19.4 Å². The predicted octanol–water partition coefficient (Wildman–Crippen LogP) is 2.25. The van der Waals surface area contributed by atoms with Crippen molar-refractivity contribution in [2.45, 2.75) is 20.4 Å². The number of carboxylic acid groups (broad SMARTS) is 1. The van der Waals surface area contributed by atoms with Crippen LogP contribution in [0.5, 0.6) is 0 Å². The van der Waals surface area contributed by atoms with Crippen LogP contribution in [0.15, 0.2) is 30.5 Å². The molecule has 0 amide bonds. The zero-order valence-corrected chi connectivity index (χ0v) is 9.84. The van der Waals surface area contributed by atoms with Gasteiger partial charge in [0.1, 0.15) is 6.54 Å². The zero-order chi connectivity index (χ0) is 12.4. The van der Waals surface area contributed by atoms with Crippen LogP contribution in [-0.4, -0.2) is 20.9 Å². The van der Waals surface area contributed by atoms with E-state index in [9.17, 15) is 4.79 Å². The number of benzene rings is 1. The van der Waals surface area contributed by atoms with Crippen molar-refractivity contribution in [3.8, 4) is 11.1 Å². The molecule has 4 heteroatoms. The Labute approximate surface area is 99.5 Å². The number of rotatable bonds is 3. The van der Waals surface area contributed by atoms with E-state index in [-0.39, 0.29) is 6.54 Å². The number of carbonyl (C=O) groups is 1. The molecule has 0 unspecified atom stereocenters. The van der Waals surface area contributed by atoms with Crippen LogP contribution in [0, 0.1) is 13.8 Å². The molecule has 1 N–H and O–H groups in total. The zero-order valence-electron chi connectivity index (χ0n) is 9.84. The molecule has 1 aromatic heterocycles. The van der Waals surface area contributed by atoms with Crippen molar-refractivity contribution in [3.05, 3.63) is 41.7 Å². The monoisotopic (exact) mass is 230 g/mol. The van der Waals surface area contributed by atoms with Crippen LogP contribution in [-0.2, 0) is 11.3 Å². The van der Waals surface area contributed by atoms with Crippen LogP contribution >= 0.6 is 0 Å². The summed E-state index contributed by atoms with van der Waals surface area (Å²) in [5.74, 6) is -0.883. The molecule has 0 fully saturated rings. The fraction of sp³-hybridized carbons (Fsp3) is 0.231. The van der Waals surface area contributed by atoms with Gasteiger partial charge in [0.15, 0.2) is 0 Å². The van der Waals surface area contributed by atoms with E-state index in [4.69, 9.17) is 5.11 Å². The predicted molar refractivity (Wildman–Crippen MR) is 64.8 cm³/mol. The summed E-state index contributed by atoms with van der Waals surface area (Å²) in [6.07, 6.45) is 1.71. The van der Waals surface area contributed by atoms with Crippen LogP contribution in [0.3, 0.4) is 0 Å². The molecule has 4 nitrogen and oxygen atoms in total. The van der Waals surface area contributed by atoms with Gasteiger partial charge in [0.25, 0.3) is 0 Å². The highest BCUT2D eigenvalue weighted by Gasteiger charge is 2.10. The summed E-state index contributed by atoms with van der Waals surface area (Å²) in [7, 11) is 0. The number of aliphatic carboxylic acids is 1. The first-order valence-electron chi connectivity index (χ1n) is 5.39. The largest absolute Gasteiger partial charge is 0.480 e. The van der Waals surface area contributed by atoms with Gasteiger partial charge in [-0.3, -0.25) is 9.48 Å². The molecule has 0 atom stereocenters. The lowest BCUT2D eigenvalue weighted by molar-refractivity contribution is -0.137. The van der Waals surface area contributed by atoms with Crippen LogP contribution in [0.2, 0.25) is 0 Å². The molecule has 0 saturated carbocycles. The van der Waals surface area contributed by atoms with E-state index in [0.717, 1.165) is 16.8 Å². The van der Waals surface area contributed by atoms with Crippen molar-refractivity contribution >= 4 is 5.97 Å². The van der Waals surface area contributed by atoms with E-state index < -0.39 is 5.97 Å². The summed E-state index contributed by atoms with van der Waals surface area (Å²) in [4.78, 5) is 10.7. The minimum Gasteiger partial charge on any atom is -0.480 e. The smallest absolute Gasteiger partial charge is 0.325 e. The second kappa shape index (κ2) is 4.41. The minimum atomic E-state index is -0.883. The highest BCUT2D eigenvalue weighted by Crippen LogP contribution is 2.23. The Bertz CT molecular complexity index is 541. The Morgan fingerprint density at radius 3 is 2.53 bits per heavy atom. The maximum absolute atomic E-state index is 10.7. The fourth-order valence-corrected chi connectivity index (χ4v) is 1.75. The number of nitrogens with zero attached hydrogens (tertiary/aromatic N) is 2. The van der Waals surface area contributed by atoms with E-state index in [1.54, 1.807) is 6.20 Å². The average Bonchev–Trinajstić information content (AvgIpc) is 2.61. The molecule has 17 heavy (non-hydrogen) atoms. The topological polar surface area (TPSA) is 55.1 Å². The standard InChI is InChI=1S/C13H14N2O2/c1-9-3-5-11(6-4-9)12-7-14-15(10(12)2)8-13(16)17/h3-7H,8H2,1-2H3,(H,16,17). The van der Waals surface area contributed by atoms with Crippen LogP contribution < -0.4 is 0 Å². The number of aromatic nitrogens is 2. The maximum atomic E-state index is 10.7. The third-order valence-corrected chi connectivity index (χ3v) is 2.75. The molecule has 88 valence electrons. The number of aryl methyl sites for hydroxylation is 1. The third-order valence-electron chi connectivity index (χ3n) is 2.75. The lowest BCUT2D eigenvalue weighted by Gasteiger charge is -2.03. The van der Waals surface area contributed by atoms with Crippen LogP contribution in [0.4, 0.5) is 0 Å². The van der Waals surface area contributed by atoms with Crippen LogP contribution in [0.25, 0.3) is 11.1 Å². The molecule has 0 aliphatic carbocycles. The molecule has 0 aliphatic rings. The van der Waals surface area contributed by atoms with Gasteiger partial charge in [0.2, 0.25) is 0 Å². The summed E-state index contributed by atoms with van der Waals surface area (Å²) in [5.41, 5.74) is 4.11. The Morgan fingerprint density at radius 1 is 1.29 bits per heavy atom. The first kappa shape index (κ1) is 11.4. The normalized spacial score (nSPS) is 10.5. The number of carboxylic acids is 1. The van der Waals surface area contributed by atoms with Crippen molar-refractivity contribution in [3.63, 3.8) is 0 Å². The fourth-order valence-electron chi connectivity index (χ4n) is 1.75. The molecule has 0 aliphatic heterocycles. The summed E-state index contributed by atoms with van der Waals surface area (Å²) in [6.45, 7) is 3.81. The molecule has 0 radical (unpaired) electrons. The Balaban J connectivity index is 2.37. The third kappa shape index (κ3) is 2.36. The molecule has 0 saturated heterocycles. The Kier molecular flexibility index (Phi) is 2.95. The lowest BCUT2D eigenvalue weighted by Crippen LogP contribution is -2.11. The highest BCUT2D eigenvalue weighted by atomic mass is 16.4. The highest BCUT2D eigenvalue weighted by molar-refractivity contribution is 5.69. The van der Waals surface area contributed by atoms with E-state index >= 15 is 0 Å². The quantitative estimate of drug-likeness (QED) is 0.879. The Hall–Kier alpha value is -2.10. The summed E-state index contributed by atoms with van der Waals surface area (Å²) < 4.78 is 1.50. The van der Waals surface area contributed by atoms with Gasteiger partial charge in [-0.2, -0.15) is 5.10 Å². The van der Waals surface area contributed by atoms with E-state index in [0.29, 0.717) is 0 Å². The van der Waals surface area contributed by atoms with Gasteiger partial charge in [0.05, 0.1) is 6.20 Å². The Morgan fingerprint density at radius 2 is 1.94 bits per heavy atom. The molecule has 1 aromatic carbocycles. The van der Waals surface area contributed by atoms with Crippen molar-refractivity contribution < 1.29 is 9.90 Å².